The van der Waals surface area contributed by atoms with Crippen molar-refractivity contribution in [3.8, 4) is 0 Å². The third-order valence-corrected chi connectivity index (χ3v) is 5.57. The number of carbonyl (C=O) groups excluding carboxylic acids is 1. The summed E-state index contributed by atoms with van der Waals surface area (Å²) in [5.74, 6) is 0.0986. The second kappa shape index (κ2) is 6.47. The van der Waals surface area contributed by atoms with Gasteiger partial charge >= 0.3 is 0 Å². The maximum absolute atomic E-state index is 12.7. The van der Waals surface area contributed by atoms with E-state index in [0.29, 0.717) is 19.7 Å². The van der Waals surface area contributed by atoms with Crippen molar-refractivity contribution in [2.45, 2.75) is 50.4 Å². The zero-order valence-corrected chi connectivity index (χ0v) is 14.8. The van der Waals surface area contributed by atoms with Gasteiger partial charge in [0.15, 0.2) is 0 Å². The number of benzene rings is 1. The number of piperidine rings is 1. The lowest BCUT2D eigenvalue weighted by molar-refractivity contribution is -0.189. The molecule has 24 heavy (non-hydrogen) atoms. The number of aryl methyl sites for hydroxylation is 1. The van der Waals surface area contributed by atoms with Gasteiger partial charge in [-0.3, -0.25) is 4.79 Å². The van der Waals surface area contributed by atoms with Gasteiger partial charge in [-0.25, -0.2) is 0 Å². The predicted molar refractivity (Wildman–Crippen MR) is 93.1 cm³/mol. The van der Waals surface area contributed by atoms with Crippen molar-refractivity contribution in [2.75, 3.05) is 26.7 Å². The molecule has 0 saturated carbocycles. The van der Waals surface area contributed by atoms with Crippen LogP contribution in [-0.2, 0) is 4.74 Å². The van der Waals surface area contributed by atoms with Crippen LogP contribution in [0.25, 0.3) is 0 Å². The lowest BCUT2D eigenvalue weighted by Crippen LogP contribution is -2.62. The van der Waals surface area contributed by atoms with Crippen LogP contribution < -0.4 is 5.32 Å². The number of likely N-dealkylation sites (N-methyl/N-ethyl adjacent to an activating group) is 1. The molecule has 2 aliphatic rings. The number of nitrogens with one attached hydrogen (secondary N) is 1. The molecule has 2 aliphatic heterocycles. The molecule has 1 spiro atoms. The number of rotatable bonds is 2. The number of aliphatic hydroxyl groups is 1. The standard InChI is InChI=1S/C19H28N2O3/c1-14-5-4-6-15(11-14)17(22)21-9-7-19(8-10-21)12-16(20-3)18(2,23)13-24-19/h4-6,11,16,20,23H,7-10,12-13H2,1-3H3/t16-,18-/m0/s1. The van der Waals surface area contributed by atoms with E-state index in [2.05, 4.69) is 5.32 Å². The van der Waals surface area contributed by atoms with E-state index in [9.17, 15) is 9.90 Å². The smallest absolute Gasteiger partial charge is 0.253 e. The summed E-state index contributed by atoms with van der Waals surface area (Å²) in [6.45, 7) is 5.56. The van der Waals surface area contributed by atoms with Crippen molar-refractivity contribution in [1.29, 1.82) is 0 Å². The minimum absolute atomic E-state index is 0.0188. The van der Waals surface area contributed by atoms with Crippen LogP contribution in [0.2, 0.25) is 0 Å². The molecular formula is C19H28N2O3. The van der Waals surface area contributed by atoms with Gasteiger partial charge in [-0.05, 0) is 52.3 Å². The number of nitrogens with zero attached hydrogens (tertiary/aromatic N) is 1. The molecule has 1 amide bonds. The van der Waals surface area contributed by atoms with Gasteiger partial charge in [-0.2, -0.15) is 0 Å². The fraction of sp³-hybridized carbons (Fsp3) is 0.632. The van der Waals surface area contributed by atoms with Crippen LogP contribution in [0.1, 0.15) is 42.1 Å². The average molecular weight is 332 g/mol. The fourth-order valence-electron chi connectivity index (χ4n) is 3.89. The van der Waals surface area contributed by atoms with Gasteiger partial charge in [0.05, 0.1) is 12.2 Å². The lowest BCUT2D eigenvalue weighted by atomic mass is 9.77. The van der Waals surface area contributed by atoms with Gasteiger partial charge in [0.25, 0.3) is 5.91 Å². The highest BCUT2D eigenvalue weighted by Gasteiger charge is 2.48. The first-order valence-corrected chi connectivity index (χ1v) is 8.75. The van der Waals surface area contributed by atoms with Gasteiger partial charge in [-0.15, -0.1) is 0 Å². The zero-order chi connectivity index (χ0) is 17.4. The molecule has 2 fully saturated rings. The second-order valence-corrected chi connectivity index (χ2v) is 7.54. The van der Waals surface area contributed by atoms with Crippen molar-refractivity contribution in [2.24, 2.45) is 0 Å². The fourth-order valence-corrected chi connectivity index (χ4v) is 3.89. The summed E-state index contributed by atoms with van der Waals surface area (Å²) in [6, 6.07) is 7.77. The van der Waals surface area contributed by atoms with Crippen LogP contribution in [0.3, 0.4) is 0 Å². The molecule has 2 saturated heterocycles. The van der Waals surface area contributed by atoms with E-state index < -0.39 is 5.60 Å². The Balaban J connectivity index is 1.64. The molecule has 0 bridgehead atoms. The normalized spacial score (nSPS) is 29.7. The van der Waals surface area contributed by atoms with E-state index in [1.165, 1.54) is 0 Å². The summed E-state index contributed by atoms with van der Waals surface area (Å²) >= 11 is 0. The lowest BCUT2D eigenvalue weighted by Gasteiger charge is -2.50. The van der Waals surface area contributed by atoms with Gasteiger partial charge in [-0.1, -0.05) is 17.7 Å². The predicted octanol–water partition coefficient (Wildman–Crippen LogP) is 1.73. The third kappa shape index (κ3) is 3.34. The summed E-state index contributed by atoms with van der Waals surface area (Å²) in [5.41, 5.74) is 0.795. The topological polar surface area (TPSA) is 61.8 Å². The molecular weight excluding hydrogens is 304 g/mol. The highest BCUT2D eigenvalue weighted by Crippen LogP contribution is 2.38. The number of carbonyl (C=O) groups is 1. The largest absolute Gasteiger partial charge is 0.386 e. The SMILES string of the molecule is CN[C@H]1CC2(CCN(C(=O)c3cccc(C)c3)CC2)OC[C@]1(C)O. The first-order chi connectivity index (χ1) is 11.4. The number of amides is 1. The van der Waals surface area contributed by atoms with Crippen molar-refractivity contribution in [3.63, 3.8) is 0 Å². The van der Waals surface area contributed by atoms with E-state index in [1.807, 2.05) is 50.1 Å². The van der Waals surface area contributed by atoms with E-state index >= 15 is 0 Å². The Morgan fingerprint density at radius 2 is 2.08 bits per heavy atom. The molecule has 1 aromatic rings. The molecule has 0 unspecified atom stereocenters. The van der Waals surface area contributed by atoms with Crippen LogP contribution in [0.4, 0.5) is 0 Å². The quantitative estimate of drug-likeness (QED) is 0.866. The van der Waals surface area contributed by atoms with Crippen LogP contribution >= 0.6 is 0 Å². The van der Waals surface area contributed by atoms with E-state index in [0.717, 1.165) is 30.4 Å². The Bertz CT molecular complexity index is 606. The first kappa shape index (κ1) is 17.4. The highest BCUT2D eigenvalue weighted by atomic mass is 16.5. The Hall–Kier alpha value is -1.43. The Labute approximate surface area is 144 Å². The first-order valence-electron chi connectivity index (χ1n) is 8.75. The van der Waals surface area contributed by atoms with Crippen LogP contribution in [0.5, 0.6) is 0 Å². The summed E-state index contributed by atoms with van der Waals surface area (Å²) in [5, 5.41) is 13.6. The maximum atomic E-state index is 12.7. The minimum atomic E-state index is -0.839. The molecule has 1 aromatic carbocycles. The molecule has 0 aromatic heterocycles. The Morgan fingerprint density at radius 3 is 2.71 bits per heavy atom. The second-order valence-electron chi connectivity index (χ2n) is 7.54. The van der Waals surface area contributed by atoms with Crippen LogP contribution in [0.15, 0.2) is 24.3 Å². The molecule has 0 aliphatic carbocycles. The summed E-state index contributed by atoms with van der Waals surface area (Å²) < 4.78 is 6.08. The number of likely N-dealkylation sites (tertiary alicyclic amines) is 1. The van der Waals surface area contributed by atoms with Gasteiger partial charge in [0.2, 0.25) is 0 Å². The number of hydrogen-bond acceptors (Lipinski definition) is 4. The molecule has 5 heteroatoms. The Morgan fingerprint density at radius 1 is 1.38 bits per heavy atom. The van der Waals surface area contributed by atoms with Crippen molar-refractivity contribution in [3.05, 3.63) is 35.4 Å². The molecule has 2 N–H and O–H groups in total. The van der Waals surface area contributed by atoms with Crippen LogP contribution in [-0.4, -0.2) is 59.9 Å². The van der Waals surface area contributed by atoms with E-state index in [1.54, 1.807) is 0 Å². The summed E-state index contributed by atoms with van der Waals surface area (Å²) in [7, 11) is 1.88. The molecule has 132 valence electrons. The molecule has 2 atom stereocenters. The summed E-state index contributed by atoms with van der Waals surface area (Å²) in [6.07, 6.45) is 2.42. The zero-order valence-electron chi connectivity index (χ0n) is 14.8. The number of hydrogen-bond donors (Lipinski definition) is 2. The van der Waals surface area contributed by atoms with Crippen molar-refractivity contribution >= 4 is 5.91 Å². The molecule has 3 rings (SSSR count). The van der Waals surface area contributed by atoms with Gasteiger partial charge in [0.1, 0.15) is 5.60 Å². The van der Waals surface area contributed by atoms with E-state index in [-0.39, 0.29) is 17.6 Å². The van der Waals surface area contributed by atoms with Crippen LogP contribution in [0, 0.1) is 6.92 Å². The average Bonchev–Trinajstić information content (AvgIpc) is 2.57. The highest BCUT2D eigenvalue weighted by molar-refractivity contribution is 5.94. The molecule has 5 nitrogen and oxygen atoms in total. The minimum Gasteiger partial charge on any atom is -0.386 e. The third-order valence-electron chi connectivity index (χ3n) is 5.57. The number of ether oxygens (including phenoxy) is 1. The summed E-state index contributed by atoms with van der Waals surface area (Å²) in [4.78, 5) is 14.6. The van der Waals surface area contributed by atoms with Crippen molar-refractivity contribution < 1.29 is 14.6 Å². The van der Waals surface area contributed by atoms with Crippen molar-refractivity contribution in [1.82, 2.24) is 10.2 Å². The van der Waals surface area contributed by atoms with E-state index in [4.69, 9.17) is 4.74 Å². The molecule has 2 heterocycles. The molecule has 0 radical (unpaired) electrons. The van der Waals surface area contributed by atoms with Gasteiger partial charge in [0, 0.05) is 24.7 Å². The Kier molecular flexibility index (Phi) is 4.69. The van der Waals surface area contributed by atoms with Gasteiger partial charge < -0.3 is 20.1 Å². The monoisotopic (exact) mass is 332 g/mol. The maximum Gasteiger partial charge on any atom is 0.253 e.